The first-order valence-electron chi connectivity index (χ1n) is 14.5. The zero-order chi connectivity index (χ0) is 26.6. The Morgan fingerprint density at radius 3 is 2.77 bits per heavy atom. The van der Waals surface area contributed by atoms with Crippen LogP contribution in [0.4, 0.5) is 5.69 Å². The molecular formula is C30H40N6O2S. The Morgan fingerprint density at radius 2 is 1.95 bits per heavy atom. The van der Waals surface area contributed by atoms with Crippen LogP contribution in [0.15, 0.2) is 36.7 Å². The minimum absolute atomic E-state index is 0.0503. The number of methoxy groups -OCH3 is 1. The van der Waals surface area contributed by atoms with Crippen LogP contribution in [0.2, 0.25) is 0 Å². The van der Waals surface area contributed by atoms with E-state index in [0.29, 0.717) is 12.3 Å². The molecule has 4 heterocycles. The summed E-state index contributed by atoms with van der Waals surface area (Å²) in [6, 6.07) is 8.26. The summed E-state index contributed by atoms with van der Waals surface area (Å²) in [4.78, 5) is 31.3. The fourth-order valence-corrected chi connectivity index (χ4v) is 7.27. The van der Waals surface area contributed by atoms with Gasteiger partial charge in [0.1, 0.15) is 11.4 Å². The topological polar surface area (TPSA) is 73.8 Å². The van der Waals surface area contributed by atoms with Crippen LogP contribution in [0.25, 0.3) is 10.9 Å². The van der Waals surface area contributed by atoms with Crippen LogP contribution in [0.5, 0.6) is 5.75 Å². The van der Waals surface area contributed by atoms with Gasteiger partial charge < -0.3 is 19.9 Å². The number of likely N-dealkylation sites (tertiary alicyclic amines) is 1. The lowest BCUT2D eigenvalue weighted by molar-refractivity contribution is -0.122. The van der Waals surface area contributed by atoms with E-state index >= 15 is 0 Å². The smallest absolute Gasteiger partial charge is 0.222 e. The number of thiazole rings is 1. The number of rotatable bonds is 10. The van der Waals surface area contributed by atoms with Crippen LogP contribution in [-0.4, -0.2) is 85.1 Å². The van der Waals surface area contributed by atoms with Gasteiger partial charge in [0, 0.05) is 74.3 Å². The average Bonchev–Trinajstić information content (AvgIpc) is 3.55. The van der Waals surface area contributed by atoms with Gasteiger partial charge in [-0.15, -0.1) is 11.3 Å². The fourth-order valence-electron chi connectivity index (χ4n) is 6.05. The number of hydrogen-bond donors (Lipinski definition) is 1. The molecule has 0 spiro atoms. The molecule has 1 atom stereocenters. The Labute approximate surface area is 235 Å². The lowest BCUT2D eigenvalue weighted by Gasteiger charge is -2.30. The van der Waals surface area contributed by atoms with Crippen molar-refractivity contribution in [1.82, 2.24) is 25.1 Å². The summed E-state index contributed by atoms with van der Waals surface area (Å²) in [5.74, 6) is 1.63. The Balaban J connectivity index is 1.18. The molecule has 3 fully saturated rings. The van der Waals surface area contributed by atoms with Crippen LogP contribution in [-0.2, 0) is 4.79 Å². The second kappa shape index (κ2) is 12.2. The summed E-state index contributed by atoms with van der Waals surface area (Å²) in [5.41, 5.74) is 2.05. The monoisotopic (exact) mass is 548 g/mol. The number of nitrogens with zero attached hydrogens (tertiary/aromatic N) is 5. The molecule has 6 rings (SSSR count). The first-order chi connectivity index (χ1) is 19.2. The standard InChI is InChI=1S/C30H40N6O2S/c1-38-25-10-9-22-6-4-11-32-28(22)29(25)36-16-5-15-35(18-19-36)24(26-21-33-30(39-26)23-7-8-23)20-27(37)31-12-17-34-13-2-3-14-34/h4,6,9-11,21,23-24H,2-3,5,7-8,12-20H2,1H3,(H,31,37). The van der Waals surface area contributed by atoms with Crippen molar-refractivity contribution < 1.29 is 9.53 Å². The number of carbonyl (C=O) groups is 1. The van der Waals surface area contributed by atoms with Crippen LogP contribution >= 0.6 is 11.3 Å². The molecule has 3 aliphatic rings. The number of hydrogen-bond acceptors (Lipinski definition) is 8. The molecule has 0 radical (unpaired) electrons. The number of nitrogens with one attached hydrogen (secondary N) is 1. The van der Waals surface area contributed by atoms with E-state index in [1.807, 2.05) is 35.9 Å². The molecule has 2 aromatic heterocycles. The first-order valence-corrected chi connectivity index (χ1v) is 15.4. The first kappa shape index (κ1) is 26.5. The Hall–Kier alpha value is -2.75. The van der Waals surface area contributed by atoms with Gasteiger partial charge >= 0.3 is 0 Å². The fraction of sp³-hybridized carbons (Fsp3) is 0.567. The van der Waals surface area contributed by atoms with Gasteiger partial charge in [-0.25, -0.2) is 4.98 Å². The lowest BCUT2D eigenvalue weighted by atomic mass is 10.1. The van der Waals surface area contributed by atoms with E-state index in [1.165, 1.54) is 35.6 Å². The summed E-state index contributed by atoms with van der Waals surface area (Å²) in [7, 11) is 1.73. The quantitative estimate of drug-likeness (QED) is 0.402. The third-order valence-corrected chi connectivity index (χ3v) is 9.60. The van der Waals surface area contributed by atoms with Crippen molar-refractivity contribution in [1.29, 1.82) is 0 Å². The van der Waals surface area contributed by atoms with E-state index in [0.717, 1.165) is 81.1 Å². The number of carbonyl (C=O) groups excluding carboxylic acids is 1. The summed E-state index contributed by atoms with van der Waals surface area (Å²) in [6.45, 7) is 7.58. The van der Waals surface area contributed by atoms with Gasteiger partial charge in [-0.2, -0.15) is 0 Å². The van der Waals surface area contributed by atoms with Crippen molar-refractivity contribution in [2.24, 2.45) is 0 Å². The molecule has 3 aromatic rings. The van der Waals surface area contributed by atoms with E-state index in [1.54, 1.807) is 7.11 Å². The molecule has 1 aliphatic carbocycles. The number of amides is 1. The second-order valence-corrected chi connectivity index (χ2v) is 12.2. The number of aromatic nitrogens is 2. The number of fused-ring (bicyclic) bond motifs is 1. The molecule has 1 amide bonds. The van der Waals surface area contributed by atoms with Gasteiger partial charge in [0.2, 0.25) is 5.91 Å². The molecule has 9 heteroatoms. The van der Waals surface area contributed by atoms with Gasteiger partial charge in [-0.3, -0.25) is 14.7 Å². The Kier molecular flexibility index (Phi) is 8.27. The van der Waals surface area contributed by atoms with Crippen molar-refractivity contribution >= 4 is 33.8 Å². The molecule has 39 heavy (non-hydrogen) atoms. The third kappa shape index (κ3) is 6.21. The lowest BCUT2D eigenvalue weighted by Crippen LogP contribution is -2.38. The molecule has 2 aliphatic heterocycles. The van der Waals surface area contributed by atoms with Crippen molar-refractivity contribution in [3.8, 4) is 5.75 Å². The minimum atomic E-state index is 0.0503. The van der Waals surface area contributed by atoms with Gasteiger partial charge in [0.25, 0.3) is 0 Å². The molecule has 1 N–H and O–H groups in total. The molecule has 1 saturated carbocycles. The predicted octanol–water partition coefficient (Wildman–Crippen LogP) is 4.43. The van der Waals surface area contributed by atoms with Crippen molar-refractivity contribution in [2.75, 3.05) is 64.4 Å². The third-order valence-electron chi connectivity index (χ3n) is 8.34. The molecule has 8 nitrogen and oxygen atoms in total. The number of pyridine rings is 1. The van der Waals surface area contributed by atoms with Crippen LogP contribution < -0.4 is 15.0 Å². The van der Waals surface area contributed by atoms with Crippen LogP contribution in [0.1, 0.15) is 60.4 Å². The SMILES string of the molecule is COc1ccc2cccnc2c1N1CCCN(C(CC(=O)NCCN2CCCC2)c2cnc(C3CC3)s2)CC1. The molecule has 208 valence electrons. The van der Waals surface area contributed by atoms with E-state index < -0.39 is 0 Å². The Bertz CT molecular complexity index is 1270. The van der Waals surface area contributed by atoms with Crippen molar-refractivity contribution in [3.05, 3.63) is 46.5 Å². The van der Waals surface area contributed by atoms with Gasteiger partial charge in [0.05, 0.1) is 23.7 Å². The van der Waals surface area contributed by atoms with E-state index in [9.17, 15) is 4.79 Å². The van der Waals surface area contributed by atoms with Gasteiger partial charge in [0.15, 0.2) is 0 Å². The summed E-state index contributed by atoms with van der Waals surface area (Å²) < 4.78 is 5.79. The summed E-state index contributed by atoms with van der Waals surface area (Å²) >= 11 is 1.82. The maximum atomic E-state index is 13.2. The predicted molar refractivity (Wildman–Crippen MR) is 157 cm³/mol. The highest BCUT2D eigenvalue weighted by Crippen LogP contribution is 2.44. The highest BCUT2D eigenvalue weighted by Gasteiger charge is 2.32. The van der Waals surface area contributed by atoms with Crippen molar-refractivity contribution in [3.63, 3.8) is 0 Å². The summed E-state index contributed by atoms with van der Waals surface area (Å²) in [5, 5.41) is 5.58. The van der Waals surface area contributed by atoms with E-state index in [2.05, 4.69) is 32.1 Å². The highest BCUT2D eigenvalue weighted by atomic mass is 32.1. The average molecular weight is 549 g/mol. The number of ether oxygens (including phenoxy) is 1. The van der Waals surface area contributed by atoms with Crippen LogP contribution in [0.3, 0.4) is 0 Å². The van der Waals surface area contributed by atoms with Gasteiger partial charge in [-0.05, 0) is 63.4 Å². The maximum Gasteiger partial charge on any atom is 0.222 e. The van der Waals surface area contributed by atoms with E-state index in [4.69, 9.17) is 14.7 Å². The van der Waals surface area contributed by atoms with Crippen LogP contribution in [0, 0.1) is 0 Å². The van der Waals surface area contributed by atoms with E-state index in [-0.39, 0.29) is 11.9 Å². The van der Waals surface area contributed by atoms with Gasteiger partial charge in [-0.1, -0.05) is 6.07 Å². The second-order valence-electron chi connectivity index (χ2n) is 11.1. The Morgan fingerprint density at radius 1 is 1.08 bits per heavy atom. The highest BCUT2D eigenvalue weighted by molar-refractivity contribution is 7.11. The largest absolute Gasteiger partial charge is 0.494 e. The normalized spacial score (nSPS) is 19.8. The molecule has 1 aromatic carbocycles. The molecule has 0 bridgehead atoms. The van der Waals surface area contributed by atoms with Crippen molar-refractivity contribution in [2.45, 2.75) is 50.5 Å². The number of anilines is 1. The minimum Gasteiger partial charge on any atom is -0.494 e. The zero-order valence-corrected chi connectivity index (χ0v) is 23.8. The summed E-state index contributed by atoms with van der Waals surface area (Å²) in [6.07, 6.45) is 10.4. The molecule has 2 saturated heterocycles. The molecular weight excluding hydrogens is 508 g/mol. The number of benzene rings is 1. The molecule has 1 unspecified atom stereocenters. The maximum absolute atomic E-state index is 13.2. The zero-order valence-electron chi connectivity index (χ0n) is 23.0.